The molecule has 3 fully saturated rings. The Morgan fingerprint density at radius 1 is 1.21 bits per heavy atom. The third kappa shape index (κ3) is 5.11. The molecule has 39 heavy (non-hydrogen) atoms. The Kier molecular flexibility index (Phi) is 7.23. The summed E-state index contributed by atoms with van der Waals surface area (Å²) in [5.41, 5.74) is 7.91. The minimum absolute atomic E-state index is 0.399. The van der Waals surface area contributed by atoms with Crippen molar-refractivity contribution in [2.45, 2.75) is 78.2 Å². The van der Waals surface area contributed by atoms with Gasteiger partial charge in [0.2, 0.25) is 0 Å². The van der Waals surface area contributed by atoms with Gasteiger partial charge in [-0.1, -0.05) is 75.0 Å². The summed E-state index contributed by atoms with van der Waals surface area (Å²) in [6.07, 6.45) is 23.6. The molecule has 6 rings (SSSR count). The van der Waals surface area contributed by atoms with Crippen LogP contribution in [0.3, 0.4) is 0 Å². The Bertz CT molecular complexity index is 1290. The zero-order valence-electron chi connectivity index (χ0n) is 24.1. The molecule has 0 radical (unpaired) electrons. The average Bonchev–Trinajstić information content (AvgIpc) is 3.53. The van der Waals surface area contributed by atoms with Crippen LogP contribution in [-0.4, -0.2) is 42.1 Å². The third-order valence-corrected chi connectivity index (χ3v) is 10.2. The van der Waals surface area contributed by atoms with Crippen LogP contribution in [0.2, 0.25) is 0 Å². The van der Waals surface area contributed by atoms with Gasteiger partial charge >= 0.3 is 0 Å². The topological polar surface area (TPSA) is 51.8 Å². The zero-order chi connectivity index (χ0) is 27.1. The minimum Gasteiger partial charge on any atom is -0.300 e. The number of likely N-dealkylation sites (tertiary alicyclic amines) is 1. The first kappa shape index (κ1) is 26.5. The summed E-state index contributed by atoms with van der Waals surface area (Å²) in [4.78, 5) is 13.0. The van der Waals surface area contributed by atoms with E-state index in [1.165, 1.54) is 55.5 Å². The van der Waals surface area contributed by atoms with Crippen LogP contribution in [0.1, 0.15) is 72.1 Å². The Balaban J connectivity index is 1.19. The SMILES string of the molecule is C=C(C#N)C1CC(N2CCC3(CCC4=C(C5=NCC(C6=CC(C)C=C(CC(C)C)C=C6)=N5)C=CCCC43)C2)C1. The van der Waals surface area contributed by atoms with Crippen molar-refractivity contribution in [2.24, 2.45) is 39.1 Å². The van der Waals surface area contributed by atoms with Gasteiger partial charge < -0.3 is 0 Å². The second-order valence-electron chi connectivity index (χ2n) is 13.4. The van der Waals surface area contributed by atoms with E-state index < -0.39 is 0 Å². The van der Waals surface area contributed by atoms with E-state index in [1.54, 1.807) is 5.57 Å². The first-order chi connectivity index (χ1) is 18.8. The molecule has 1 saturated heterocycles. The van der Waals surface area contributed by atoms with Crippen molar-refractivity contribution in [3.05, 3.63) is 70.9 Å². The Morgan fingerprint density at radius 3 is 2.85 bits per heavy atom. The highest BCUT2D eigenvalue weighted by Gasteiger charge is 2.52. The largest absolute Gasteiger partial charge is 0.300 e. The molecule has 0 aromatic heterocycles. The number of rotatable bonds is 6. The Hall–Kier alpha value is -2.77. The molecule has 0 N–H and O–H groups in total. The van der Waals surface area contributed by atoms with Crippen molar-refractivity contribution in [3.8, 4) is 6.07 Å². The van der Waals surface area contributed by atoms with Gasteiger partial charge in [-0.2, -0.15) is 5.26 Å². The van der Waals surface area contributed by atoms with Gasteiger partial charge in [-0.25, -0.2) is 4.99 Å². The van der Waals surface area contributed by atoms with Crippen molar-refractivity contribution in [2.75, 3.05) is 19.6 Å². The lowest BCUT2D eigenvalue weighted by Gasteiger charge is -2.42. The van der Waals surface area contributed by atoms with Crippen LogP contribution in [0.4, 0.5) is 0 Å². The van der Waals surface area contributed by atoms with E-state index in [9.17, 15) is 5.26 Å². The maximum Gasteiger partial charge on any atom is 0.155 e. The van der Waals surface area contributed by atoms with Gasteiger partial charge in [-0.15, -0.1) is 0 Å². The van der Waals surface area contributed by atoms with E-state index in [-0.39, 0.29) is 0 Å². The van der Waals surface area contributed by atoms with Crippen molar-refractivity contribution in [3.63, 3.8) is 0 Å². The second kappa shape index (κ2) is 10.7. The highest BCUT2D eigenvalue weighted by atomic mass is 15.2. The summed E-state index contributed by atoms with van der Waals surface area (Å²) < 4.78 is 0. The molecule has 2 aliphatic heterocycles. The van der Waals surface area contributed by atoms with E-state index in [0.717, 1.165) is 42.8 Å². The molecular formula is C35H44N4. The molecule has 2 heterocycles. The molecule has 2 saturated carbocycles. The van der Waals surface area contributed by atoms with Crippen LogP contribution in [0, 0.1) is 40.4 Å². The van der Waals surface area contributed by atoms with E-state index in [2.05, 4.69) is 74.8 Å². The smallest absolute Gasteiger partial charge is 0.155 e. The van der Waals surface area contributed by atoms with Crippen LogP contribution < -0.4 is 0 Å². The first-order valence-corrected chi connectivity index (χ1v) is 15.3. The number of nitrogens with zero attached hydrogens (tertiary/aromatic N) is 4. The second-order valence-corrected chi connectivity index (χ2v) is 13.4. The first-order valence-electron chi connectivity index (χ1n) is 15.3. The van der Waals surface area contributed by atoms with Crippen LogP contribution in [0.25, 0.3) is 0 Å². The van der Waals surface area contributed by atoms with Gasteiger partial charge in [0.1, 0.15) is 0 Å². The average molecular weight is 521 g/mol. The van der Waals surface area contributed by atoms with Gasteiger partial charge in [0, 0.05) is 23.7 Å². The highest BCUT2D eigenvalue weighted by Crippen LogP contribution is 2.57. The predicted molar refractivity (Wildman–Crippen MR) is 162 cm³/mol. The van der Waals surface area contributed by atoms with Gasteiger partial charge in [-0.05, 0) is 92.6 Å². The highest BCUT2D eigenvalue weighted by molar-refractivity contribution is 6.19. The summed E-state index contributed by atoms with van der Waals surface area (Å²) in [5.74, 6) is 3.08. The fourth-order valence-electron chi connectivity index (χ4n) is 8.11. The predicted octanol–water partition coefficient (Wildman–Crippen LogP) is 7.55. The normalized spacial score (nSPS) is 34.2. The molecule has 4 heteroatoms. The van der Waals surface area contributed by atoms with Crippen LogP contribution in [0.15, 0.2) is 80.9 Å². The van der Waals surface area contributed by atoms with E-state index in [1.807, 2.05) is 0 Å². The van der Waals surface area contributed by atoms with E-state index >= 15 is 0 Å². The number of amidine groups is 1. The van der Waals surface area contributed by atoms with Gasteiger partial charge in [0.05, 0.1) is 18.3 Å². The summed E-state index contributed by atoms with van der Waals surface area (Å²) in [6, 6.07) is 2.92. The van der Waals surface area contributed by atoms with Crippen molar-refractivity contribution < 1.29 is 0 Å². The van der Waals surface area contributed by atoms with Crippen molar-refractivity contribution in [1.82, 2.24) is 4.90 Å². The molecule has 0 aromatic carbocycles. The fraction of sp³-hybridized carbons (Fsp3) is 0.571. The summed E-state index contributed by atoms with van der Waals surface area (Å²) >= 11 is 0. The molecule has 0 bridgehead atoms. The number of aliphatic imine (C=N–C) groups is 2. The van der Waals surface area contributed by atoms with Gasteiger partial charge in [-0.3, -0.25) is 9.89 Å². The van der Waals surface area contributed by atoms with Crippen molar-refractivity contribution >= 4 is 11.5 Å². The minimum atomic E-state index is 0.399. The lowest BCUT2D eigenvalue weighted by Crippen LogP contribution is -2.45. The monoisotopic (exact) mass is 520 g/mol. The lowest BCUT2D eigenvalue weighted by atomic mass is 9.73. The standard InChI is InChI=1S/C35H44N4/c1-23(2)15-26-9-10-27(17-24(3)16-26)33-21-37-34(38-33)31-7-5-6-8-32-30(31)11-12-35(32)13-14-39(22-35)29-18-28(19-29)25(4)20-36/h5,7,9-10,16-17,23-24,28-29,32H,4,6,8,11-15,18-19,21-22H2,1-3H3. The maximum atomic E-state index is 9.21. The number of nitriles is 1. The van der Waals surface area contributed by atoms with Crippen LogP contribution >= 0.6 is 0 Å². The summed E-state index contributed by atoms with van der Waals surface area (Å²) in [5, 5.41) is 9.21. The van der Waals surface area contributed by atoms with E-state index in [4.69, 9.17) is 9.98 Å². The quantitative estimate of drug-likeness (QED) is 0.340. The number of allylic oxidation sites excluding steroid dienone is 8. The Labute approximate surface area is 235 Å². The summed E-state index contributed by atoms with van der Waals surface area (Å²) in [6.45, 7) is 13.9. The Morgan fingerprint density at radius 2 is 2.05 bits per heavy atom. The van der Waals surface area contributed by atoms with Crippen molar-refractivity contribution in [1.29, 1.82) is 5.26 Å². The molecule has 0 aromatic rings. The van der Waals surface area contributed by atoms with Gasteiger partial charge in [0.15, 0.2) is 5.84 Å². The molecule has 0 amide bonds. The molecule has 4 aliphatic carbocycles. The molecular weight excluding hydrogens is 476 g/mol. The number of fused-ring (bicyclic) bond motifs is 2. The number of hydrogen-bond donors (Lipinski definition) is 0. The lowest BCUT2D eigenvalue weighted by molar-refractivity contribution is 0.0965. The number of hydrogen-bond acceptors (Lipinski definition) is 4. The maximum absolute atomic E-state index is 9.21. The molecule has 4 nitrogen and oxygen atoms in total. The fourth-order valence-corrected chi connectivity index (χ4v) is 8.11. The molecule has 1 spiro atoms. The zero-order valence-corrected chi connectivity index (χ0v) is 24.1. The molecule has 6 aliphatic rings. The van der Waals surface area contributed by atoms with Crippen LogP contribution in [0.5, 0.6) is 0 Å². The van der Waals surface area contributed by atoms with Gasteiger partial charge in [0.25, 0.3) is 0 Å². The molecule has 3 atom stereocenters. The van der Waals surface area contributed by atoms with E-state index in [0.29, 0.717) is 41.7 Å². The molecule has 204 valence electrons. The molecule has 3 unspecified atom stereocenters. The van der Waals surface area contributed by atoms with Crippen LogP contribution in [-0.2, 0) is 0 Å². The third-order valence-electron chi connectivity index (χ3n) is 10.2. The summed E-state index contributed by atoms with van der Waals surface area (Å²) in [7, 11) is 0.